The molecule has 1 amide bonds. The molecule has 4 atom stereocenters. The number of ether oxygens (including phenoxy) is 1. The quantitative estimate of drug-likeness (QED) is 0.712. The summed E-state index contributed by atoms with van der Waals surface area (Å²) in [5.74, 6) is 1.74. The SMILES string of the molecule is COc1ccccc1N1CCN(C(=O)[C@H]2CN3CCC2C[C@@H]3Cn2cc(CO)nn2)CC1. The highest BCUT2D eigenvalue weighted by Gasteiger charge is 2.44. The number of piperazine rings is 1. The van der Waals surface area contributed by atoms with Crippen LogP contribution in [0.5, 0.6) is 5.75 Å². The molecular formula is C23H32N6O3. The van der Waals surface area contributed by atoms with Crippen molar-refractivity contribution < 1.29 is 14.6 Å². The van der Waals surface area contributed by atoms with Crippen LogP contribution < -0.4 is 9.64 Å². The van der Waals surface area contributed by atoms with Gasteiger partial charge in [0, 0.05) is 38.8 Å². The van der Waals surface area contributed by atoms with Gasteiger partial charge in [0.15, 0.2) is 0 Å². The number of benzene rings is 1. The van der Waals surface area contributed by atoms with Crippen LogP contribution in [0.3, 0.4) is 0 Å². The Kier molecular flexibility index (Phi) is 6.01. The van der Waals surface area contributed by atoms with Gasteiger partial charge in [-0.3, -0.25) is 14.4 Å². The number of aliphatic hydroxyl groups is 1. The van der Waals surface area contributed by atoms with Gasteiger partial charge in [0.2, 0.25) is 5.91 Å². The third kappa shape index (κ3) is 4.06. The molecule has 0 radical (unpaired) electrons. The second-order valence-electron chi connectivity index (χ2n) is 9.11. The van der Waals surface area contributed by atoms with Gasteiger partial charge in [-0.15, -0.1) is 5.10 Å². The summed E-state index contributed by atoms with van der Waals surface area (Å²) in [5.41, 5.74) is 1.70. The normalized spacial score (nSPS) is 27.6. The molecule has 0 aliphatic carbocycles. The summed E-state index contributed by atoms with van der Waals surface area (Å²) in [6.45, 7) is 5.73. The molecule has 1 aromatic carbocycles. The molecule has 2 unspecified atom stereocenters. The van der Waals surface area contributed by atoms with Crippen molar-refractivity contribution in [3.8, 4) is 5.75 Å². The summed E-state index contributed by atoms with van der Waals surface area (Å²) < 4.78 is 7.34. The molecular weight excluding hydrogens is 408 g/mol. The number of fused-ring (bicyclic) bond motifs is 3. The number of rotatable bonds is 6. The first kappa shape index (κ1) is 21.2. The second kappa shape index (κ2) is 9.07. The van der Waals surface area contributed by atoms with Crippen molar-refractivity contribution >= 4 is 11.6 Å². The van der Waals surface area contributed by atoms with E-state index in [4.69, 9.17) is 4.74 Å². The van der Waals surface area contributed by atoms with E-state index in [1.165, 1.54) is 0 Å². The van der Waals surface area contributed by atoms with Crippen LogP contribution in [0.25, 0.3) is 0 Å². The highest BCUT2D eigenvalue weighted by atomic mass is 16.5. The molecule has 1 aromatic heterocycles. The van der Waals surface area contributed by atoms with Gasteiger partial charge >= 0.3 is 0 Å². The van der Waals surface area contributed by atoms with Crippen LogP contribution >= 0.6 is 0 Å². The molecule has 0 spiro atoms. The first-order valence-electron chi connectivity index (χ1n) is 11.6. The first-order valence-corrected chi connectivity index (χ1v) is 11.6. The zero-order chi connectivity index (χ0) is 22.1. The lowest BCUT2D eigenvalue weighted by atomic mass is 9.75. The van der Waals surface area contributed by atoms with E-state index in [2.05, 4.69) is 31.1 Å². The van der Waals surface area contributed by atoms with Crippen LogP contribution in [0, 0.1) is 11.8 Å². The number of nitrogens with zero attached hydrogens (tertiary/aromatic N) is 6. The van der Waals surface area contributed by atoms with E-state index in [0.717, 1.165) is 70.1 Å². The fourth-order valence-electron chi connectivity index (χ4n) is 5.62. The molecule has 2 aromatic rings. The second-order valence-corrected chi connectivity index (χ2v) is 9.11. The van der Waals surface area contributed by atoms with Crippen molar-refractivity contribution in [2.24, 2.45) is 11.8 Å². The molecule has 4 aliphatic rings. The minimum absolute atomic E-state index is 0.0854. The third-order valence-electron chi connectivity index (χ3n) is 7.36. The zero-order valence-electron chi connectivity index (χ0n) is 18.6. The van der Waals surface area contributed by atoms with Gasteiger partial charge in [-0.25, -0.2) is 0 Å². The minimum atomic E-state index is -0.0854. The Morgan fingerprint density at radius 2 is 2.00 bits per heavy atom. The average molecular weight is 441 g/mol. The summed E-state index contributed by atoms with van der Waals surface area (Å²) in [6.07, 6.45) is 3.92. The fraction of sp³-hybridized carbons (Fsp3) is 0.609. The Balaban J connectivity index is 1.17. The molecule has 9 nitrogen and oxygen atoms in total. The Hall–Kier alpha value is -2.65. The number of hydrogen-bond acceptors (Lipinski definition) is 7. The van der Waals surface area contributed by atoms with Crippen LogP contribution in [0.15, 0.2) is 30.5 Å². The summed E-state index contributed by atoms with van der Waals surface area (Å²) in [6, 6.07) is 8.47. The molecule has 0 saturated carbocycles. The van der Waals surface area contributed by atoms with Crippen molar-refractivity contribution in [1.29, 1.82) is 0 Å². The molecule has 4 fully saturated rings. The molecule has 1 N–H and O–H groups in total. The molecule has 2 bridgehead atoms. The van der Waals surface area contributed by atoms with E-state index >= 15 is 0 Å². The van der Waals surface area contributed by atoms with Gasteiger partial charge in [0.25, 0.3) is 0 Å². The lowest BCUT2D eigenvalue weighted by Gasteiger charge is -2.50. The summed E-state index contributed by atoms with van der Waals surface area (Å²) in [5, 5.41) is 17.3. The smallest absolute Gasteiger partial charge is 0.227 e. The highest BCUT2D eigenvalue weighted by Crippen LogP contribution is 2.38. The van der Waals surface area contributed by atoms with Gasteiger partial charge in [-0.2, -0.15) is 0 Å². The van der Waals surface area contributed by atoms with E-state index in [1.54, 1.807) is 7.11 Å². The number of anilines is 1. The minimum Gasteiger partial charge on any atom is -0.495 e. The van der Waals surface area contributed by atoms with Crippen LogP contribution in [-0.4, -0.2) is 88.2 Å². The number of aliphatic hydroxyl groups excluding tert-OH is 1. The predicted octanol–water partition coefficient (Wildman–Crippen LogP) is 0.838. The number of piperidine rings is 3. The number of methoxy groups -OCH3 is 1. The molecule has 4 aliphatic heterocycles. The topological polar surface area (TPSA) is 87.0 Å². The molecule has 172 valence electrons. The Labute approximate surface area is 188 Å². The molecule has 6 rings (SSSR count). The molecule has 9 heteroatoms. The largest absolute Gasteiger partial charge is 0.495 e. The Morgan fingerprint density at radius 3 is 2.69 bits per heavy atom. The van der Waals surface area contributed by atoms with Gasteiger partial charge in [0.05, 0.1) is 38.1 Å². The van der Waals surface area contributed by atoms with Crippen LogP contribution in [0.4, 0.5) is 5.69 Å². The lowest BCUT2D eigenvalue weighted by molar-refractivity contribution is -0.144. The van der Waals surface area contributed by atoms with Crippen molar-refractivity contribution in [3.63, 3.8) is 0 Å². The number of aromatic nitrogens is 3. The Morgan fingerprint density at radius 1 is 1.19 bits per heavy atom. The number of amides is 1. The molecule has 32 heavy (non-hydrogen) atoms. The van der Waals surface area contributed by atoms with E-state index in [0.29, 0.717) is 23.6 Å². The number of hydrogen-bond donors (Lipinski definition) is 1. The maximum atomic E-state index is 13.4. The number of carbonyl (C=O) groups is 1. The maximum Gasteiger partial charge on any atom is 0.227 e. The lowest BCUT2D eigenvalue weighted by Crippen LogP contribution is -2.60. The third-order valence-corrected chi connectivity index (χ3v) is 7.36. The van der Waals surface area contributed by atoms with Crippen LogP contribution in [-0.2, 0) is 17.9 Å². The van der Waals surface area contributed by atoms with Crippen molar-refractivity contribution in [1.82, 2.24) is 24.8 Å². The monoisotopic (exact) mass is 440 g/mol. The number of carbonyl (C=O) groups excluding carboxylic acids is 1. The van der Waals surface area contributed by atoms with Gasteiger partial charge < -0.3 is 19.6 Å². The Bertz CT molecular complexity index is 941. The van der Waals surface area contributed by atoms with Crippen molar-refractivity contribution in [2.45, 2.75) is 32.0 Å². The highest BCUT2D eigenvalue weighted by molar-refractivity contribution is 5.80. The van der Waals surface area contributed by atoms with Gasteiger partial charge in [-0.05, 0) is 37.4 Å². The van der Waals surface area contributed by atoms with E-state index < -0.39 is 0 Å². The fourth-order valence-corrected chi connectivity index (χ4v) is 5.62. The maximum absolute atomic E-state index is 13.4. The van der Waals surface area contributed by atoms with E-state index in [-0.39, 0.29) is 12.5 Å². The summed E-state index contributed by atoms with van der Waals surface area (Å²) >= 11 is 0. The molecule has 4 saturated heterocycles. The van der Waals surface area contributed by atoms with Crippen molar-refractivity contribution in [3.05, 3.63) is 36.2 Å². The van der Waals surface area contributed by atoms with E-state index in [1.807, 2.05) is 29.1 Å². The first-order chi connectivity index (χ1) is 15.7. The van der Waals surface area contributed by atoms with Gasteiger partial charge in [0.1, 0.15) is 11.4 Å². The van der Waals surface area contributed by atoms with E-state index in [9.17, 15) is 9.90 Å². The van der Waals surface area contributed by atoms with Crippen molar-refractivity contribution in [2.75, 3.05) is 51.3 Å². The zero-order valence-corrected chi connectivity index (χ0v) is 18.6. The molecule has 5 heterocycles. The van der Waals surface area contributed by atoms with Crippen LogP contribution in [0.1, 0.15) is 18.5 Å². The van der Waals surface area contributed by atoms with Crippen LogP contribution in [0.2, 0.25) is 0 Å². The predicted molar refractivity (Wildman–Crippen MR) is 119 cm³/mol. The van der Waals surface area contributed by atoms with Gasteiger partial charge in [-0.1, -0.05) is 17.3 Å². The average Bonchev–Trinajstić information content (AvgIpc) is 3.31. The summed E-state index contributed by atoms with van der Waals surface area (Å²) in [4.78, 5) is 20.3. The number of para-hydroxylation sites is 2. The summed E-state index contributed by atoms with van der Waals surface area (Å²) in [7, 11) is 1.70. The standard InChI is InChI=1S/C23H32N6O3/c1-32-22-5-3-2-4-21(22)26-8-10-27(11-9-26)23(31)20-15-28-7-6-17(20)12-19(28)14-29-13-18(16-30)24-25-29/h2-5,13,17,19-20,30H,6-12,14-16H2,1H3/t17?,19-,20+/m1/s1.